The molecule has 0 aliphatic rings. The highest BCUT2D eigenvalue weighted by Gasteiger charge is 2.41. The van der Waals surface area contributed by atoms with Crippen molar-refractivity contribution in [2.24, 2.45) is 5.92 Å². The third-order valence-corrected chi connectivity index (χ3v) is 9.62. The summed E-state index contributed by atoms with van der Waals surface area (Å²) in [6.45, 7) is 10.8. The molecule has 0 heterocycles. The van der Waals surface area contributed by atoms with E-state index in [9.17, 15) is 4.79 Å². The molecule has 0 radical (unpaired) electrons. The van der Waals surface area contributed by atoms with Crippen LogP contribution in [0.5, 0.6) is 0 Å². The van der Waals surface area contributed by atoms with Crippen LogP contribution in [-0.2, 0) is 4.43 Å². The molecule has 0 saturated carbocycles. The van der Waals surface area contributed by atoms with E-state index in [-0.39, 0.29) is 0 Å². The van der Waals surface area contributed by atoms with E-state index in [2.05, 4.69) is 34.6 Å². The fraction of sp³-hybridized carbons (Fsp3) is 0.933. The SMILES string of the molecule is CCCCC(CC)CC(C)[Si](CC)(CC)OC(=O)O. The molecule has 0 aromatic carbocycles. The summed E-state index contributed by atoms with van der Waals surface area (Å²) in [5.41, 5.74) is 0.417. The first-order valence-corrected chi connectivity index (χ1v) is 10.3. The molecular formula is C15H32O3Si. The maximum Gasteiger partial charge on any atom is 0.491 e. The van der Waals surface area contributed by atoms with Gasteiger partial charge in [0, 0.05) is 0 Å². The Morgan fingerprint density at radius 3 is 2.16 bits per heavy atom. The van der Waals surface area contributed by atoms with Gasteiger partial charge in [0.2, 0.25) is 0 Å². The highest BCUT2D eigenvalue weighted by atomic mass is 28.4. The van der Waals surface area contributed by atoms with Gasteiger partial charge in [0.05, 0.1) is 0 Å². The van der Waals surface area contributed by atoms with Crippen LogP contribution in [0.15, 0.2) is 0 Å². The van der Waals surface area contributed by atoms with E-state index in [1.54, 1.807) is 0 Å². The van der Waals surface area contributed by atoms with Crippen LogP contribution < -0.4 is 0 Å². The van der Waals surface area contributed by atoms with Crippen LogP contribution in [0.3, 0.4) is 0 Å². The minimum atomic E-state index is -2.13. The third-order valence-electron chi connectivity index (χ3n) is 4.62. The average molecular weight is 289 g/mol. The van der Waals surface area contributed by atoms with Crippen molar-refractivity contribution in [3.63, 3.8) is 0 Å². The minimum absolute atomic E-state index is 0.417. The van der Waals surface area contributed by atoms with Crippen molar-refractivity contribution in [3.8, 4) is 0 Å². The molecule has 0 aromatic rings. The zero-order valence-corrected chi connectivity index (χ0v) is 14.4. The Kier molecular flexibility index (Phi) is 9.15. The molecule has 0 rings (SSSR count). The second-order valence-corrected chi connectivity index (χ2v) is 10.4. The van der Waals surface area contributed by atoms with Crippen LogP contribution in [0, 0.1) is 5.92 Å². The topological polar surface area (TPSA) is 46.5 Å². The third kappa shape index (κ3) is 5.98. The Bertz CT molecular complexity index is 252. The van der Waals surface area contributed by atoms with Gasteiger partial charge in [0.15, 0.2) is 0 Å². The van der Waals surface area contributed by atoms with Crippen LogP contribution >= 0.6 is 0 Å². The molecule has 0 aliphatic carbocycles. The number of hydrogen-bond acceptors (Lipinski definition) is 2. The van der Waals surface area contributed by atoms with Crippen molar-refractivity contribution >= 4 is 14.5 Å². The largest absolute Gasteiger partial charge is 0.491 e. The van der Waals surface area contributed by atoms with E-state index in [0.717, 1.165) is 24.4 Å². The van der Waals surface area contributed by atoms with E-state index in [0.29, 0.717) is 5.54 Å². The summed E-state index contributed by atoms with van der Waals surface area (Å²) in [4.78, 5) is 11.0. The zero-order chi connectivity index (χ0) is 14.9. The quantitative estimate of drug-likeness (QED) is 0.527. The van der Waals surface area contributed by atoms with Gasteiger partial charge in [0.25, 0.3) is 8.32 Å². The monoisotopic (exact) mass is 288 g/mol. The first-order valence-electron chi connectivity index (χ1n) is 7.87. The Balaban J connectivity index is 4.69. The van der Waals surface area contributed by atoms with E-state index < -0.39 is 14.5 Å². The Morgan fingerprint density at radius 2 is 1.79 bits per heavy atom. The predicted molar refractivity (Wildman–Crippen MR) is 83.2 cm³/mol. The van der Waals surface area contributed by atoms with Gasteiger partial charge in [-0.05, 0) is 30.0 Å². The first kappa shape index (κ1) is 18.5. The lowest BCUT2D eigenvalue weighted by molar-refractivity contribution is 0.138. The van der Waals surface area contributed by atoms with E-state index >= 15 is 0 Å². The first-order chi connectivity index (χ1) is 8.95. The van der Waals surface area contributed by atoms with Gasteiger partial charge in [-0.25, -0.2) is 4.79 Å². The maximum absolute atomic E-state index is 11.0. The molecule has 114 valence electrons. The molecule has 1 N–H and O–H groups in total. The fourth-order valence-corrected chi connectivity index (χ4v) is 6.56. The standard InChI is InChI=1S/C15H32O3Si/c1-6-10-11-14(7-2)12-13(5)19(8-3,9-4)18-15(16)17/h13-14H,6-12H2,1-5H3,(H,16,17). The normalized spacial score (nSPS) is 15.0. The summed E-state index contributed by atoms with van der Waals surface area (Å²) in [7, 11) is -2.13. The highest BCUT2D eigenvalue weighted by Crippen LogP contribution is 2.37. The predicted octanol–water partition coefficient (Wildman–Crippen LogP) is 5.66. The number of unbranched alkanes of at least 4 members (excludes halogenated alkanes) is 1. The molecule has 0 spiro atoms. The molecule has 0 fully saturated rings. The maximum atomic E-state index is 11.0. The van der Waals surface area contributed by atoms with Crippen LogP contribution in [0.25, 0.3) is 0 Å². The number of carbonyl (C=O) groups is 1. The van der Waals surface area contributed by atoms with Gasteiger partial charge in [-0.3, -0.25) is 0 Å². The lowest BCUT2D eigenvalue weighted by Gasteiger charge is -2.35. The smallest absolute Gasteiger partial charge is 0.489 e. The molecular weight excluding hydrogens is 256 g/mol. The van der Waals surface area contributed by atoms with E-state index in [1.807, 2.05) is 0 Å². The molecule has 4 heteroatoms. The lowest BCUT2D eigenvalue weighted by atomic mass is 9.94. The summed E-state index contributed by atoms with van der Waals surface area (Å²) in [5, 5.41) is 9.01. The molecule has 0 saturated heterocycles. The van der Waals surface area contributed by atoms with Crippen LogP contribution in [0.4, 0.5) is 4.79 Å². The van der Waals surface area contributed by atoms with Crippen LogP contribution in [0.1, 0.15) is 66.7 Å². The van der Waals surface area contributed by atoms with E-state index in [4.69, 9.17) is 9.53 Å². The van der Waals surface area contributed by atoms with Gasteiger partial charge in [-0.1, -0.05) is 60.3 Å². The van der Waals surface area contributed by atoms with Crippen molar-refractivity contribution in [2.75, 3.05) is 0 Å². The van der Waals surface area contributed by atoms with Crippen molar-refractivity contribution < 1.29 is 14.3 Å². The van der Waals surface area contributed by atoms with Crippen LogP contribution in [0.2, 0.25) is 17.6 Å². The summed E-state index contributed by atoms with van der Waals surface area (Å²) < 4.78 is 5.40. The summed E-state index contributed by atoms with van der Waals surface area (Å²) in [6, 6.07) is 1.78. The zero-order valence-electron chi connectivity index (χ0n) is 13.4. The van der Waals surface area contributed by atoms with E-state index in [1.165, 1.54) is 25.7 Å². The molecule has 0 aromatic heterocycles. The van der Waals surface area contributed by atoms with Gasteiger partial charge in [0.1, 0.15) is 0 Å². The summed E-state index contributed by atoms with van der Waals surface area (Å²) >= 11 is 0. The minimum Gasteiger partial charge on any atom is -0.489 e. The summed E-state index contributed by atoms with van der Waals surface area (Å²) in [5.74, 6) is 0.720. The molecule has 0 amide bonds. The van der Waals surface area contributed by atoms with Gasteiger partial charge >= 0.3 is 6.16 Å². The number of rotatable bonds is 10. The number of hydrogen-bond donors (Lipinski definition) is 1. The van der Waals surface area contributed by atoms with Crippen molar-refractivity contribution in [1.29, 1.82) is 0 Å². The second-order valence-electron chi connectivity index (χ2n) is 5.69. The summed E-state index contributed by atoms with van der Waals surface area (Å²) in [6.07, 6.45) is 5.01. The molecule has 3 nitrogen and oxygen atoms in total. The fourth-order valence-electron chi connectivity index (χ4n) is 3.06. The molecule has 2 unspecified atom stereocenters. The molecule has 19 heavy (non-hydrogen) atoms. The second kappa shape index (κ2) is 9.40. The molecule has 0 bridgehead atoms. The Hall–Kier alpha value is -0.513. The highest BCUT2D eigenvalue weighted by molar-refractivity contribution is 6.76. The van der Waals surface area contributed by atoms with Gasteiger partial charge in [-0.15, -0.1) is 0 Å². The Morgan fingerprint density at radius 1 is 1.21 bits per heavy atom. The van der Waals surface area contributed by atoms with Gasteiger partial charge < -0.3 is 9.53 Å². The Labute approximate surface area is 119 Å². The molecule has 2 atom stereocenters. The average Bonchev–Trinajstić information content (AvgIpc) is 2.40. The van der Waals surface area contributed by atoms with Gasteiger partial charge in [-0.2, -0.15) is 0 Å². The van der Waals surface area contributed by atoms with Crippen molar-refractivity contribution in [1.82, 2.24) is 0 Å². The lowest BCUT2D eigenvalue weighted by Crippen LogP contribution is -2.43. The molecule has 0 aliphatic heterocycles. The van der Waals surface area contributed by atoms with Crippen molar-refractivity contribution in [3.05, 3.63) is 0 Å². The van der Waals surface area contributed by atoms with Crippen molar-refractivity contribution in [2.45, 2.75) is 84.4 Å². The number of carboxylic acid groups (broad SMARTS) is 1. The van der Waals surface area contributed by atoms with Crippen LogP contribution in [-0.4, -0.2) is 19.6 Å².